The van der Waals surface area contributed by atoms with Crippen LogP contribution in [0, 0.1) is 25.6 Å². The monoisotopic (exact) mass is 329 g/mol. The third-order valence-electron chi connectivity index (χ3n) is 3.79. The molecule has 2 aromatic carbocycles. The summed E-state index contributed by atoms with van der Waals surface area (Å²) in [4.78, 5) is 23.5. The van der Waals surface area contributed by atoms with Crippen molar-refractivity contribution < 1.29 is 19.1 Å². The number of carbonyl (C=O) groups excluding carboxylic acids is 1. The molecule has 0 aromatic heterocycles. The van der Waals surface area contributed by atoms with Gasteiger partial charge < -0.3 is 10.4 Å². The first-order chi connectivity index (χ1) is 11.4. The quantitative estimate of drug-likeness (QED) is 0.856. The summed E-state index contributed by atoms with van der Waals surface area (Å²) in [7, 11) is 0. The van der Waals surface area contributed by atoms with Gasteiger partial charge in [0.05, 0.1) is 11.5 Å². The maximum atomic E-state index is 13.7. The van der Waals surface area contributed by atoms with Crippen molar-refractivity contribution in [3.63, 3.8) is 0 Å². The van der Waals surface area contributed by atoms with Crippen molar-refractivity contribution in [2.45, 2.75) is 20.3 Å². The van der Waals surface area contributed by atoms with Crippen molar-refractivity contribution in [3.05, 3.63) is 70.5 Å². The zero-order valence-electron chi connectivity index (χ0n) is 13.7. The summed E-state index contributed by atoms with van der Waals surface area (Å²) < 4.78 is 13.7. The molecule has 2 rings (SSSR count). The second kappa shape index (κ2) is 7.73. The summed E-state index contributed by atoms with van der Waals surface area (Å²) >= 11 is 0. The molecule has 2 N–H and O–H groups in total. The van der Waals surface area contributed by atoms with Crippen LogP contribution < -0.4 is 5.32 Å². The van der Waals surface area contributed by atoms with E-state index >= 15 is 0 Å². The molecule has 0 spiro atoms. The van der Waals surface area contributed by atoms with Gasteiger partial charge in [0.2, 0.25) is 0 Å². The Bertz CT molecular complexity index is 758. The number of aliphatic carboxylic acids is 1. The third kappa shape index (κ3) is 4.65. The Hall–Kier alpha value is -2.69. The van der Waals surface area contributed by atoms with Gasteiger partial charge in [0, 0.05) is 6.54 Å². The second-order valence-corrected chi connectivity index (χ2v) is 5.92. The molecular weight excluding hydrogens is 309 g/mol. The fraction of sp³-hybridized carbons (Fsp3) is 0.263. The maximum Gasteiger partial charge on any atom is 0.308 e. The van der Waals surface area contributed by atoms with Gasteiger partial charge in [0.25, 0.3) is 5.91 Å². The van der Waals surface area contributed by atoms with Gasteiger partial charge in [-0.15, -0.1) is 0 Å². The van der Waals surface area contributed by atoms with E-state index in [2.05, 4.69) is 5.32 Å². The number of aryl methyl sites for hydroxylation is 2. The standard InChI is InChI=1S/C19H20FNO3/c1-12-4-3-5-14(8-12)10-15(19(23)24)11-21-18(22)16-9-13(2)6-7-17(16)20/h3-9,15H,10-11H2,1-2H3,(H,21,22)(H,23,24). The Morgan fingerprint density at radius 2 is 1.83 bits per heavy atom. The second-order valence-electron chi connectivity index (χ2n) is 5.92. The Morgan fingerprint density at radius 3 is 2.50 bits per heavy atom. The minimum absolute atomic E-state index is 0.0600. The van der Waals surface area contributed by atoms with Crippen LogP contribution >= 0.6 is 0 Å². The molecule has 126 valence electrons. The molecule has 1 unspecified atom stereocenters. The predicted octanol–water partition coefficient (Wildman–Crippen LogP) is 3.12. The third-order valence-corrected chi connectivity index (χ3v) is 3.79. The van der Waals surface area contributed by atoms with E-state index in [4.69, 9.17) is 0 Å². The number of halogens is 1. The Balaban J connectivity index is 2.04. The van der Waals surface area contributed by atoms with E-state index in [0.29, 0.717) is 6.42 Å². The van der Waals surface area contributed by atoms with E-state index < -0.39 is 23.6 Å². The minimum atomic E-state index is -0.999. The predicted molar refractivity (Wildman–Crippen MR) is 89.5 cm³/mol. The zero-order chi connectivity index (χ0) is 17.7. The molecule has 0 saturated heterocycles. The van der Waals surface area contributed by atoms with E-state index in [1.165, 1.54) is 12.1 Å². The van der Waals surface area contributed by atoms with Gasteiger partial charge in [0.1, 0.15) is 5.82 Å². The van der Waals surface area contributed by atoms with E-state index in [-0.39, 0.29) is 12.1 Å². The van der Waals surface area contributed by atoms with Gasteiger partial charge in [0.15, 0.2) is 0 Å². The van der Waals surface area contributed by atoms with Gasteiger partial charge >= 0.3 is 5.97 Å². The van der Waals surface area contributed by atoms with Gasteiger partial charge in [-0.05, 0) is 38.0 Å². The van der Waals surface area contributed by atoms with E-state index in [1.54, 1.807) is 13.0 Å². The van der Waals surface area contributed by atoms with Crippen LogP contribution in [0.15, 0.2) is 42.5 Å². The van der Waals surface area contributed by atoms with Crippen LogP contribution in [-0.2, 0) is 11.2 Å². The number of carboxylic acids is 1. The molecule has 0 radical (unpaired) electrons. The first kappa shape index (κ1) is 17.7. The van der Waals surface area contributed by atoms with Crippen LogP contribution in [0.5, 0.6) is 0 Å². The van der Waals surface area contributed by atoms with Gasteiger partial charge in [-0.25, -0.2) is 4.39 Å². The normalized spacial score (nSPS) is 11.8. The molecule has 2 aromatic rings. The SMILES string of the molecule is Cc1cccc(CC(CNC(=O)c2cc(C)ccc2F)C(=O)O)c1. The largest absolute Gasteiger partial charge is 0.481 e. The molecule has 1 atom stereocenters. The van der Waals surface area contributed by atoms with E-state index in [1.807, 2.05) is 31.2 Å². The van der Waals surface area contributed by atoms with Crippen LogP contribution in [0.3, 0.4) is 0 Å². The highest BCUT2D eigenvalue weighted by Crippen LogP contribution is 2.13. The molecule has 0 bridgehead atoms. The Labute approximate surface area is 140 Å². The molecule has 0 saturated carbocycles. The van der Waals surface area contributed by atoms with E-state index in [9.17, 15) is 19.1 Å². The summed E-state index contributed by atoms with van der Waals surface area (Å²) in [5, 5.41) is 11.9. The molecule has 4 nitrogen and oxygen atoms in total. The Morgan fingerprint density at radius 1 is 1.12 bits per heavy atom. The van der Waals surface area contributed by atoms with Crippen molar-refractivity contribution in [1.29, 1.82) is 0 Å². The smallest absolute Gasteiger partial charge is 0.308 e. The highest BCUT2D eigenvalue weighted by Gasteiger charge is 2.20. The van der Waals surface area contributed by atoms with Crippen LogP contribution in [0.4, 0.5) is 4.39 Å². The molecule has 1 amide bonds. The molecule has 0 fully saturated rings. The van der Waals surface area contributed by atoms with Crippen LogP contribution in [-0.4, -0.2) is 23.5 Å². The molecule has 0 heterocycles. The summed E-state index contributed by atoms with van der Waals surface area (Å²) in [6, 6.07) is 11.8. The summed E-state index contributed by atoms with van der Waals surface area (Å²) in [6.45, 7) is 3.63. The molecule has 0 aliphatic carbocycles. The summed E-state index contributed by atoms with van der Waals surface area (Å²) in [5.74, 6) is -3.00. The zero-order valence-corrected chi connectivity index (χ0v) is 13.7. The van der Waals surface area contributed by atoms with Crippen LogP contribution in [0.25, 0.3) is 0 Å². The lowest BCUT2D eigenvalue weighted by molar-refractivity contribution is -0.141. The summed E-state index contributed by atoms with van der Waals surface area (Å²) in [6.07, 6.45) is 0.299. The minimum Gasteiger partial charge on any atom is -0.481 e. The Kier molecular flexibility index (Phi) is 5.68. The van der Waals surface area contributed by atoms with Gasteiger partial charge in [-0.3, -0.25) is 9.59 Å². The van der Waals surface area contributed by atoms with E-state index in [0.717, 1.165) is 16.7 Å². The lowest BCUT2D eigenvalue weighted by Gasteiger charge is -2.14. The number of hydrogen-bond donors (Lipinski definition) is 2. The van der Waals surface area contributed by atoms with Crippen molar-refractivity contribution in [3.8, 4) is 0 Å². The van der Waals surface area contributed by atoms with Gasteiger partial charge in [-0.1, -0.05) is 41.5 Å². The van der Waals surface area contributed by atoms with Crippen LogP contribution in [0.1, 0.15) is 27.0 Å². The fourth-order valence-electron chi connectivity index (χ4n) is 2.49. The average Bonchev–Trinajstić information content (AvgIpc) is 2.53. The molecule has 0 aliphatic rings. The first-order valence-corrected chi connectivity index (χ1v) is 7.69. The van der Waals surface area contributed by atoms with Crippen molar-refractivity contribution in [2.75, 3.05) is 6.54 Å². The number of benzene rings is 2. The molecule has 24 heavy (non-hydrogen) atoms. The molecular formula is C19H20FNO3. The summed E-state index contributed by atoms with van der Waals surface area (Å²) in [5.41, 5.74) is 2.62. The lowest BCUT2D eigenvalue weighted by Crippen LogP contribution is -2.34. The number of nitrogens with one attached hydrogen (secondary N) is 1. The fourth-order valence-corrected chi connectivity index (χ4v) is 2.49. The lowest BCUT2D eigenvalue weighted by atomic mass is 9.98. The maximum absolute atomic E-state index is 13.7. The number of rotatable bonds is 6. The molecule has 0 aliphatic heterocycles. The van der Waals surface area contributed by atoms with Crippen molar-refractivity contribution >= 4 is 11.9 Å². The highest BCUT2D eigenvalue weighted by molar-refractivity contribution is 5.94. The first-order valence-electron chi connectivity index (χ1n) is 7.69. The number of amides is 1. The van der Waals surface area contributed by atoms with Crippen molar-refractivity contribution in [2.24, 2.45) is 5.92 Å². The van der Waals surface area contributed by atoms with Crippen molar-refractivity contribution in [1.82, 2.24) is 5.32 Å². The topological polar surface area (TPSA) is 66.4 Å². The number of hydrogen-bond acceptors (Lipinski definition) is 2. The number of carboxylic acid groups (broad SMARTS) is 1. The van der Waals surface area contributed by atoms with Crippen LogP contribution in [0.2, 0.25) is 0 Å². The average molecular weight is 329 g/mol. The highest BCUT2D eigenvalue weighted by atomic mass is 19.1. The molecule has 5 heteroatoms. The van der Waals surface area contributed by atoms with Gasteiger partial charge in [-0.2, -0.15) is 0 Å². The number of carbonyl (C=O) groups is 2.